The highest BCUT2D eigenvalue weighted by molar-refractivity contribution is 6.42. The molecule has 0 nitrogen and oxygen atoms in total. The lowest BCUT2D eigenvalue weighted by molar-refractivity contribution is 1.18. The van der Waals surface area contributed by atoms with Crippen LogP contribution >= 0.6 is 46.4 Å². The van der Waals surface area contributed by atoms with E-state index in [0.717, 1.165) is 21.7 Å². The van der Waals surface area contributed by atoms with Crippen molar-refractivity contribution in [2.75, 3.05) is 0 Å². The molecule has 0 aliphatic rings. The van der Waals surface area contributed by atoms with Crippen molar-refractivity contribution in [1.82, 2.24) is 0 Å². The minimum absolute atomic E-state index is 0.545. The van der Waals surface area contributed by atoms with Crippen LogP contribution < -0.4 is 0 Å². The Morgan fingerprint density at radius 2 is 1.61 bits per heavy atom. The molecule has 2 aromatic carbocycles. The van der Waals surface area contributed by atoms with Crippen molar-refractivity contribution in [2.24, 2.45) is 0 Å². The normalized spacial score (nSPS) is 10.7. The third kappa shape index (κ3) is 2.95. The van der Waals surface area contributed by atoms with E-state index in [1.807, 2.05) is 31.2 Å². The first-order valence-corrected chi connectivity index (χ1v) is 6.87. The number of rotatable bonds is 2. The lowest BCUT2D eigenvalue weighted by Crippen LogP contribution is -1.93. The molecule has 0 N–H and O–H groups in total. The fraction of sp³-hybridized carbons (Fsp3) is 0.143. The van der Waals surface area contributed by atoms with Crippen LogP contribution in [-0.4, -0.2) is 0 Å². The van der Waals surface area contributed by atoms with Gasteiger partial charge in [0.25, 0.3) is 0 Å². The third-order valence-electron chi connectivity index (χ3n) is 2.71. The Balaban J connectivity index is 2.43. The van der Waals surface area contributed by atoms with Crippen molar-refractivity contribution in [2.45, 2.75) is 13.3 Å². The molecule has 0 heterocycles. The molecule has 0 spiro atoms. The summed E-state index contributed by atoms with van der Waals surface area (Å²) in [6, 6.07) is 9.26. The van der Waals surface area contributed by atoms with E-state index in [1.165, 1.54) is 0 Å². The van der Waals surface area contributed by atoms with Gasteiger partial charge in [0.15, 0.2) is 0 Å². The van der Waals surface area contributed by atoms with Gasteiger partial charge in [0.2, 0.25) is 0 Å². The van der Waals surface area contributed by atoms with Gasteiger partial charge in [-0.1, -0.05) is 58.5 Å². The molecule has 0 aliphatic heterocycles. The van der Waals surface area contributed by atoms with Gasteiger partial charge in [0.1, 0.15) is 0 Å². The van der Waals surface area contributed by atoms with E-state index in [9.17, 15) is 0 Å². The van der Waals surface area contributed by atoms with Crippen molar-refractivity contribution in [3.8, 4) is 0 Å². The van der Waals surface area contributed by atoms with Crippen LogP contribution in [0.15, 0.2) is 30.3 Å². The Hall–Kier alpha value is -0.400. The van der Waals surface area contributed by atoms with E-state index < -0.39 is 0 Å². The number of benzene rings is 2. The first-order chi connectivity index (χ1) is 8.49. The van der Waals surface area contributed by atoms with Crippen LogP contribution in [0, 0.1) is 6.92 Å². The zero-order valence-corrected chi connectivity index (χ0v) is 12.6. The van der Waals surface area contributed by atoms with Gasteiger partial charge in [-0.2, -0.15) is 0 Å². The highest BCUT2D eigenvalue weighted by Crippen LogP contribution is 2.31. The highest BCUT2D eigenvalue weighted by Gasteiger charge is 2.10. The van der Waals surface area contributed by atoms with E-state index >= 15 is 0 Å². The van der Waals surface area contributed by atoms with E-state index in [2.05, 4.69) is 0 Å². The monoisotopic (exact) mass is 318 g/mol. The summed E-state index contributed by atoms with van der Waals surface area (Å²) in [5.74, 6) is 0. The summed E-state index contributed by atoms with van der Waals surface area (Å²) >= 11 is 24.5. The molecule has 0 bridgehead atoms. The predicted octanol–water partition coefficient (Wildman–Crippen LogP) is 6.20. The molecule has 4 heteroatoms. The Morgan fingerprint density at radius 1 is 0.889 bits per heavy atom. The number of hydrogen-bond acceptors (Lipinski definition) is 0. The summed E-state index contributed by atoms with van der Waals surface area (Å²) in [7, 11) is 0. The van der Waals surface area contributed by atoms with Crippen molar-refractivity contribution >= 4 is 46.4 Å². The molecule has 2 rings (SSSR count). The van der Waals surface area contributed by atoms with Gasteiger partial charge >= 0.3 is 0 Å². The molecule has 0 atom stereocenters. The Bertz CT molecular complexity index is 591. The summed E-state index contributed by atoms with van der Waals surface area (Å²) < 4.78 is 0. The molecule has 94 valence electrons. The lowest BCUT2D eigenvalue weighted by Gasteiger charge is -2.10. The zero-order valence-electron chi connectivity index (χ0n) is 9.61. The topological polar surface area (TPSA) is 0 Å². The molecule has 0 fully saturated rings. The van der Waals surface area contributed by atoms with Crippen LogP contribution in [0.5, 0.6) is 0 Å². The van der Waals surface area contributed by atoms with Gasteiger partial charge in [0, 0.05) is 16.5 Å². The van der Waals surface area contributed by atoms with Crippen LogP contribution in [-0.2, 0) is 6.42 Å². The second-order valence-corrected chi connectivity index (χ2v) is 5.69. The SMILES string of the molecule is Cc1cc(Cl)cc(Cc2cccc(Cl)c2Cl)c1Cl. The van der Waals surface area contributed by atoms with Crippen LogP contribution in [0.2, 0.25) is 20.1 Å². The molecular formula is C14H10Cl4. The number of aryl methyl sites for hydroxylation is 1. The largest absolute Gasteiger partial charge is 0.0843 e. The Labute approximate surface area is 126 Å². The highest BCUT2D eigenvalue weighted by atomic mass is 35.5. The predicted molar refractivity (Wildman–Crippen MR) is 80.5 cm³/mol. The molecule has 0 aromatic heterocycles. The average Bonchev–Trinajstić information content (AvgIpc) is 2.31. The summed E-state index contributed by atoms with van der Waals surface area (Å²) in [5.41, 5.74) is 2.84. The second-order valence-electron chi connectivity index (χ2n) is 4.09. The van der Waals surface area contributed by atoms with Gasteiger partial charge in [-0.3, -0.25) is 0 Å². The summed E-state index contributed by atoms with van der Waals surface area (Å²) in [5, 5.41) is 2.50. The van der Waals surface area contributed by atoms with Gasteiger partial charge in [-0.05, 0) is 41.8 Å². The minimum Gasteiger partial charge on any atom is -0.0843 e. The molecule has 0 aliphatic carbocycles. The average molecular weight is 320 g/mol. The molecular weight excluding hydrogens is 310 g/mol. The smallest absolute Gasteiger partial charge is 0.0627 e. The first-order valence-electron chi connectivity index (χ1n) is 5.36. The second kappa shape index (κ2) is 5.71. The van der Waals surface area contributed by atoms with Gasteiger partial charge in [-0.25, -0.2) is 0 Å². The summed E-state index contributed by atoms with van der Waals surface area (Å²) in [6.07, 6.45) is 0.611. The van der Waals surface area contributed by atoms with E-state index in [1.54, 1.807) is 6.07 Å². The van der Waals surface area contributed by atoms with Crippen molar-refractivity contribution < 1.29 is 0 Å². The first kappa shape index (κ1) is 14.0. The minimum atomic E-state index is 0.545. The van der Waals surface area contributed by atoms with Gasteiger partial charge in [0.05, 0.1) is 10.0 Å². The van der Waals surface area contributed by atoms with Crippen molar-refractivity contribution in [3.63, 3.8) is 0 Å². The standard InChI is InChI=1S/C14H10Cl4/c1-8-5-11(15)7-10(13(8)17)6-9-3-2-4-12(16)14(9)18/h2-5,7H,6H2,1H3. The Kier molecular flexibility index (Phi) is 4.45. The molecule has 0 saturated carbocycles. The van der Waals surface area contributed by atoms with E-state index in [-0.39, 0.29) is 0 Å². The third-order valence-corrected chi connectivity index (χ3v) is 4.32. The lowest BCUT2D eigenvalue weighted by atomic mass is 10.0. The number of hydrogen-bond donors (Lipinski definition) is 0. The molecule has 0 unspecified atom stereocenters. The number of halogens is 4. The van der Waals surface area contributed by atoms with Gasteiger partial charge in [-0.15, -0.1) is 0 Å². The molecule has 0 radical (unpaired) electrons. The zero-order chi connectivity index (χ0) is 13.3. The molecule has 18 heavy (non-hydrogen) atoms. The van der Waals surface area contributed by atoms with Crippen LogP contribution in [0.3, 0.4) is 0 Å². The quantitative estimate of drug-likeness (QED) is 0.618. The fourth-order valence-electron chi connectivity index (χ4n) is 1.81. The molecule has 0 amide bonds. The Morgan fingerprint density at radius 3 is 2.33 bits per heavy atom. The van der Waals surface area contributed by atoms with Gasteiger partial charge < -0.3 is 0 Å². The maximum Gasteiger partial charge on any atom is 0.0627 e. The summed E-state index contributed by atoms with van der Waals surface area (Å²) in [4.78, 5) is 0. The van der Waals surface area contributed by atoms with E-state index in [0.29, 0.717) is 21.5 Å². The van der Waals surface area contributed by atoms with Crippen molar-refractivity contribution in [1.29, 1.82) is 0 Å². The maximum absolute atomic E-state index is 6.27. The fourth-order valence-corrected chi connectivity index (χ4v) is 2.67. The van der Waals surface area contributed by atoms with Crippen molar-refractivity contribution in [3.05, 3.63) is 67.1 Å². The molecule has 0 saturated heterocycles. The van der Waals surface area contributed by atoms with E-state index in [4.69, 9.17) is 46.4 Å². The molecule has 2 aromatic rings. The summed E-state index contributed by atoms with van der Waals surface area (Å²) in [6.45, 7) is 1.93. The van der Waals surface area contributed by atoms with Crippen LogP contribution in [0.1, 0.15) is 16.7 Å². The maximum atomic E-state index is 6.27. The van der Waals surface area contributed by atoms with Crippen LogP contribution in [0.25, 0.3) is 0 Å². The van der Waals surface area contributed by atoms with Crippen LogP contribution in [0.4, 0.5) is 0 Å².